The van der Waals surface area contributed by atoms with Crippen molar-refractivity contribution in [1.29, 1.82) is 0 Å². The van der Waals surface area contributed by atoms with Crippen LogP contribution in [0.5, 0.6) is 0 Å². The minimum atomic E-state index is -3.18. The second-order valence-corrected chi connectivity index (χ2v) is 9.90. The van der Waals surface area contributed by atoms with Gasteiger partial charge in [-0.25, -0.2) is 13.2 Å². The summed E-state index contributed by atoms with van der Waals surface area (Å²) in [6, 6.07) is 25.1. The number of hydrogen-bond donors (Lipinski definition) is 0. The van der Waals surface area contributed by atoms with Gasteiger partial charge in [0.1, 0.15) is 0 Å². The third-order valence-electron chi connectivity index (χ3n) is 5.43. The maximum Gasteiger partial charge on any atom is 0.338 e. The van der Waals surface area contributed by atoms with Crippen LogP contribution < -0.4 is 4.90 Å². The molecule has 3 aromatic carbocycles. The SMILES string of the molecule is O=C(OCC(=O)N(c1ccccc1)C1CCS(=O)(=O)C1)c1ccc(-c2ccccc2)cc1. The number of hydrogen-bond acceptors (Lipinski definition) is 5. The highest BCUT2D eigenvalue weighted by atomic mass is 32.2. The maximum absolute atomic E-state index is 13.0. The molecular weight excluding hydrogens is 426 g/mol. The fourth-order valence-electron chi connectivity index (χ4n) is 3.84. The van der Waals surface area contributed by atoms with E-state index in [1.807, 2.05) is 48.5 Å². The molecule has 32 heavy (non-hydrogen) atoms. The van der Waals surface area contributed by atoms with Gasteiger partial charge >= 0.3 is 5.97 Å². The molecule has 0 spiro atoms. The van der Waals surface area contributed by atoms with Crippen LogP contribution in [0.3, 0.4) is 0 Å². The average Bonchev–Trinajstić information content (AvgIpc) is 3.18. The summed E-state index contributed by atoms with van der Waals surface area (Å²) in [5.41, 5.74) is 2.93. The van der Waals surface area contributed by atoms with Crippen LogP contribution in [0.25, 0.3) is 11.1 Å². The first kappa shape index (κ1) is 21.8. The predicted molar refractivity (Wildman–Crippen MR) is 123 cm³/mol. The highest BCUT2D eigenvalue weighted by Gasteiger charge is 2.35. The Labute approximate surface area is 187 Å². The van der Waals surface area contributed by atoms with Crippen LogP contribution in [0.15, 0.2) is 84.9 Å². The van der Waals surface area contributed by atoms with Crippen molar-refractivity contribution in [2.45, 2.75) is 12.5 Å². The minimum absolute atomic E-state index is 0.0435. The molecule has 1 unspecified atom stereocenters. The number of esters is 1. The fourth-order valence-corrected chi connectivity index (χ4v) is 5.54. The van der Waals surface area contributed by atoms with E-state index >= 15 is 0 Å². The number of ether oxygens (including phenoxy) is 1. The van der Waals surface area contributed by atoms with E-state index in [1.165, 1.54) is 4.90 Å². The predicted octanol–water partition coefficient (Wildman–Crippen LogP) is 3.73. The summed E-state index contributed by atoms with van der Waals surface area (Å²) >= 11 is 0. The zero-order chi connectivity index (χ0) is 22.6. The van der Waals surface area contributed by atoms with Gasteiger partial charge in [0.2, 0.25) is 0 Å². The molecular formula is C25H23NO5S. The second kappa shape index (κ2) is 9.36. The molecule has 164 valence electrons. The molecule has 1 aliphatic heterocycles. The number of para-hydroxylation sites is 1. The van der Waals surface area contributed by atoms with Gasteiger partial charge in [0.25, 0.3) is 5.91 Å². The number of benzene rings is 3. The largest absolute Gasteiger partial charge is 0.452 e. The van der Waals surface area contributed by atoms with Gasteiger partial charge in [0.15, 0.2) is 16.4 Å². The first-order valence-electron chi connectivity index (χ1n) is 10.3. The highest BCUT2D eigenvalue weighted by Crippen LogP contribution is 2.25. The molecule has 6 nitrogen and oxygen atoms in total. The highest BCUT2D eigenvalue weighted by molar-refractivity contribution is 7.91. The van der Waals surface area contributed by atoms with Crippen molar-refractivity contribution in [2.75, 3.05) is 23.0 Å². The Kier molecular flexibility index (Phi) is 6.37. The Hall–Kier alpha value is -3.45. The van der Waals surface area contributed by atoms with E-state index < -0.39 is 34.4 Å². The number of nitrogens with zero attached hydrogens (tertiary/aromatic N) is 1. The summed E-state index contributed by atoms with van der Waals surface area (Å²) in [5, 5.41) is 0. The van der Waals surface area contributed by atoms with Gasteiger partial charge in [-0.1, -0.05) is 60.7 Å². The van der Waals surface area contributed by atoms with E-state index in [-0.39, 0.29) is 11.5 Å². The van der Waals surface area contributed by atoms with E-state index in [2.05, 4.69) is 0 Å². The quantitative estimate of drug-likeness (QED) is 0.536. The summed E-state index contributed by atoms with van der Waals surface area (Å²) < 4.78 is 29.2. The normalized spacial score (nSPS) is 16.9. The molecule has 0 aliphatic carbocycles. The van der Waals surface area contributed by atoms with E-state index in [9.17, 15) is 18.0 Å². The molecule has 0 bridgehead atoms. The van der Waals surface area contributed by atoms with Crippen LogP contribution in [-0.2, 0) is 19.4 Å². The molecule has 1 heterocycles. The Morgan fingerprint density at radius 1 is 0.844 bits per heavy atom. The van der Waals surface area contributed by atoms with E-state index in [0.717, 1.165) is 11.1 Å². The molecule has 1 aliphatic rings. The number of carbonyl (C=O) groups is 2. The number of sulfone groups is 1. The molecule has 0 saturated carbocycles. The maximum atomic E-state index is 13.0. The van der Waals surface area contributed by atoms with Crippen molar-refractivity contribution in [3.8, 4) is 11.1 Å². The Morgan fingerprint density at radius 3 is 2.03 bits per heavy atom. The van der Waals surface area contributed by atoms with Gasteiger partial charge < -0.3 is 9.64 Å². The molecule has 0 N–H and O–H groups in total. The van der Waals surface area contributed by atoms with Crippen molar-refractivity contribution >= 4 is 27.4 Å². The molecule has 0 aromatic heterocycles. The molecule has 7 heteroatoms. The topological polar surface area (TPSA) is 80.8 Å². The van der Waals surface area contributed by atoms with Crippen molar-refractivity contribution in [1.82, 2.24) is 0 Å². The van der Waals surface area contributed by atoms with Crippen molar-refractivity contribution in [3.05, 3.63) is 90.5 Å². The van der Waals surface area contributed by atoms with Crippen LogP contribution in [0, 0.1) is 0 Å². The van der Waals surface area contributed by atoms with Gasteiger partial charge in [-0.3, -0.25) is 4.79 Å². The number of anilines is 1. The summed E-state index contributed by atoms with van der Waals surface area (Å²) in [6.07, 6.45) is 0.359. The smallest absolute Gasteiger partial charge is 0.338 e. The van der Waals surface area contributed by atoms with E-state index in [1.54, 1.807) is 36.4 Å². The lowest BCUT2D eigenvalue weighted by molar-refractivity contribution is -0.122. The molecule has 1 saturated heterocycles. The van der Waals surface area contributed by atoms with Gasteiger partial charge in [-0.05, 0) is 41.8 Å². The Morgan fingerprint density at radius 2 is 1.44 bits per heavy atom. The first-order chi connectivity index (χ1) is 15.4. The lowest BCUT2D eigenvalue weighted by Crippen LogP contribution is -2.43. The van der Waals surface area contributed by atoms with Gasteiger partial charge in [0, 0.05) is 5.69 Å². The lowest BCUT2D eigenvalue weighted by atomic mass is 10.0. The van der Waals surface area contributed by atoms with Gasteiger partial charge in [-0.2, -0.15) is 0 Å². The monoisotopic (exact) mass is 449 g/mol. The molecule has 1 amide bonds. The van der Waals surface area contributed by atoms with Crippen LogP contribution >= 0.6 is 0 Å². The molecule has 1 atom stereocenters. The average molecular weight is 450 g/mol. The van der Waals surface area contributed by atoms with Gasteiger partial charge in [-0.15, -0.1) is 0 Å². The van der Waals surface area contributed by atoms with Crippen LogP contribution in [0.2, 0.25) is 0 Å². The van der Waals surface area contributed by atoms with Gasteiger partial charge in [0.05, 0.1) is 23.1 Å². The summed E-state index contributed by atoms with van der Waals surface area (Å²) in [5.74, 6) is -1.11. The number of carbonyl (C=O) groups excluding carboxylic acids is 2. The van der Waals surface area contributed by atoms with Crippen molar-refractivity contribution in [2.24, 2.45) is 0 Å². The lowest BCUT2D eigenvalue weighted by Gasteiger charge is -2.28. The second-order valence-electron chi connectivity index (χ2n) is 7.68. The Bertz CT molecular complexity index is 1190. The third-order valence-corrected chi connectivity index (χ3v) is 7.18. The summed E-state index contributed by atoms with van der Waals surface area (Å²) in [6.45, 7) is -0.468. The zero-order valence-electron chi connectivity index (χ0n) is 17.4. The Balaban J connectivity index is 1.44. The zero-order valence-corrected chi connectivity index (χ0v) is 18.2. The van der Waals surface area contributed by atoms with Crippen LogP contribution in [-0.4, -0.2) is 44.4 Å². The van der Waals surface area contributed by atoms with Crippen LogP contribution in [0.4, 0.5) is 5.69 Å². The molecule has 3 aromatic rings. The molecule has 4 rings (SSSR count). The third kappa shape index (κ3) is 5.06. The van der Waals surface area contributed by atoms with Crippen LogP contribution in [0.1, 0.15) is 16.8 Å². The molecule has 1 fully saturated rings. The van der Waals surface area contributed by atoms with E-state index in [0.29, 0.717) is 17.7 Å². The summed E-state index contributed by atoms with van der Waals surface area (Å²) in [4.78, 5) is 26.9. The number of amides is 1. The van der Waals surface area contributed by atoms with Crippen molar-refractivity contribution in [3.63, 3.8) is 0 Å². The standard InChI is InChI=1S/C25H23NO5S/c27-24(26(22-9-5-2-6-10-22)23-15-16-32(29,30)18-23)17-31-25(28)21-13-11-20(12-14-21)19-7-3-1-4-8-19/h1-14,23H,15-18H2. The molecule has 0 radical (unpaired) electrons. The summed E-state index contributed by atoms with van der Waals surface area (Å²) in [7, 11) is -3.18. The van der Waals surface area contributed by atoms with E-state index in [4.69, 9.17) is 4.74 Å². The fraction of sp³-hybridized carbons (Fsp3) is 0.200. The number of rotatable bonds is 6. The minimum Gasteiger partial charge on any atom is -0.452 e. The van der Waals surface area contributed by atoms with Crippen molar-refractivity contribution < 1.29 is 22.7 Å². The first-order valence-corrected chi connectivity index (χ1v) is 12.2.